The Labute approximate surface area is 80.0 Å². The van der Waals surface area contributed by atoms with Crippen molar-refractivity contribution >= 4 is 5.97 Å². The third-order valence-corrected chi connectivity index (χ3v) is 3.00. The van der Waals surface area contributed by atoms with Crippen LogP contribution < -0.4 is 0 Å². The summed E-state index contributed by atoms with van der Waals surface area (Å²) in [6, 6.07) is 0. The minimum Gasteiger partial charge on any atom is -0.459 e. The molecule has 13 heavy (non-hydrogen) atoms. The van der Waals surface area contributed by atoms with Crippen molar-refractivity contribution in [3.05, 3.63) is 12.2 Å². The van der Waals surface area contributed by atoms with Gasteiger partial charge in [0.25, 0.3) is 0 Å². The molecular formula is C11H18O2. The van der Waals surface area contributed by atoms with Crippen molar-refractivity contribution in [2.24, 2.45) is 11.8 Å². The molecule has 2 nitrogen and oxygen atoms in total. The molecule has 0 aliphatic heterocycles. The van der Waals surface area contributed by atoms with Crippen LogP contribution >= 0.6 is 0 Å². The zero-order chi connectivity index (χ0) is 10.0. The van der Waals surface area contributed by atoms with Gasteiger partial charge in [0.05, 0.1) is 0 Å². The van der Waals surface area contributed by atoms with E-state index in [1.807, 2.05) is 0 Å². The molecule has 74 valence electrons. The second-order valence-corrected chi connectivity index (χ2v) is 4.14. The van der Waals surface area contributed by atoms with E-state index in [9.17, 15) is 4.79 Å². The molecule has 0 bridgehead atoms. The van der Waals surface area contributed by atoms with E-state index in [0.717, 1.165) is 12.8 Å². The Morgan fingerprint density at radius 2 is 2.00 bits per heavy atom. The van der Waals surface area contributed by atoms with Crippen molar-refractivity contribution in [2.45, 2.75) is 39.7 Å². The standard InChI is InChI=1S/C11H18O2/c1-7(2)11(12)13-10-6-5-8(3)9(10)4/h8-10H,1,5-6H2,2-4H3. The normalized spacial score (nSPS) is 33.0. The van der Waals surface area contributed by atoms with Crippen LogP contribution in [0.25, 0.3) is 0 Å². The number of ether oxygens (including phenoxy) is 1. The van der Waals surface area contributed by atoms with Crippen molar-refractivity contribution < 1.29 is 9.53 Å². The van der Waals surface area contributed by atoms with Gasteiger partial charge in [-0.3, -0.25) is 0 Å². The number of hydrogen-bond donors (Lipinski definition) is 0. The number of hydrogen-bond acceptors (Lipinski definition) is 2. The predicted octanol–water partition coefficient (Wildman–Crippen LogP) is 2.54. The van der Waals surface area contributed by atoms with Gasteiger partial charge < -0.3 is 4.74 Å². The molecule has 1 aliphatic rings. The molecule has 3 atom stereocenters. The van der Waals surface area contributed by atoms with Crippen LogP contribution in [0.2, 0.25) is 0 Å². The van der Waals surface area contributed by atoms with Gasteiger partial charge in [0.2, 0.25) is 0 Å². The van der Waals surface area contributed by atoms with Crippen LogP contribution in [0.3, 0.4) is 0 Å². The molecular weight excluding hydrogens is 164 g/mol. The maximum atomic E-state index is 11.2. The minimum atomic E-state index is -0.244. The Balaban J connectivity index is 2.47. The van der Waals surface area contributed by atoms with Crippen LogP contribution in [0.5, 0.6) is 0 Å². The first-order valence-electron chi connectivity index (χ1n) is 4.89. The Kier molecular flexibility index (Phi) is 3.12. The highest BCUT2D eigenvalue weighted by atomic mass is 16.5. The maximum absolute atomic E-state index is 11.2. The van der Waals surface area contributed by atoms with Gasteiger partial charge >= 0.3 is 5.97 Å². The van der Waals surface area contributed by atoms with Crippen LogP contribution in [0.4, 0.5) is 0 Å². The van der Waals surface area contributed by atoms with Gasteiger partial charge in [-0.25, -0.2) is 4.79 Å². The van der Waals surface area contributed by atoms with Gasteiger partial charge in [0.1, 0.15) is 6.10 Å². The average Bonchev–Trinajstić information content (AvgIpc) is 2.36. The van der Waals surface area contributed by atoms with Crippen LogP contribution in [0, 0.1) is 11.8 Å². The lowest BCUT2D eigenvalue weighted by atomic mass is 9.99. The third-order valence-electron chi connectivity index (χ3n) is 3.00. The fourth-order valence-corrected chi connectivity index (χ4v) is 1.72. The SMILES string of the molecule is C=C(C)C(=O)OC1CCC(C)C1C. The van der Waals surface area contributed by atoms with Gasteiger partial charge in [0, 0.05) is 5.57 Å². The molecule has 0 aromatic heterocycles. The molecule has 1 saturated carbocycles. The molecule has 0 radical (unpaired) electrons. The predicted molar refractivity (Wildman–Crippen MR) is 52.3 cm³/mol. The van der Waals surface area contributed by atoms with Crippen LogP contribution in [-0.4, -0.2) is 12.1 Å². The summed E-state index contributed by atoms with van der Waals surface area (Å²) in [6.45, 7) is 9.61. The summed E-state index contributed by atoms with van der Waals surface area (Å²) < 4.78 is 5.32. The molecule has 0 heterocycles. The molecule has 0 aromatic rings. The smallest absolute Gasteiger partial charge is 0.333 e. The summed E-state index contributed by atoms with van der Waals surface area (Å²) in [5.74, 6) is 0.914. The molecule has 1 rings (SSSR count). The van der Waals surface area contributed by atoms with Crippen molar-refractivity contribution in [1.82, 2.24) is 0 Å². The van der Waals surface area contributed by atoms with Gasteiger partial charge in [0.15, 0.2) is 0 Å². The van der Waals surface area contributed by atoms with Gasteiger partial charge in [-0.15, -0.1) is 0 Å². The number of carbonyl (C=O) groups is 1. The lowest BCUT2D eigenvalue weighted by Crippen LogP contribution is -2.22. The first kappa shape index (κ1) is 10.3. The molecule has 0 N–H and O–H groups in total. The summed E-state index contributed by atoms with van der Waals surface area (Å²) in [5, 5.41) is 0. The second kappa shape index (κ2) is 3.95. The Morgan fingerprint density at radius 1 is 1.38 bits per heavy atom. The summed E-state index contributed by atoms with van der Waals surface area (Å²) in [4.78, 5) is 11.2. The number of rotatable bonds is 2. The summed E-state index contributed by atoms with van der Waals surface area (Å²) in [5.41, 5.74) is 0.492. The molecule has 3 unspecified atom stereocenters. The van der Waals surface area contributed by atoms with Gasteiger partial charge in [-0.1, -0.05) is 20.4 Å². The molecule has 1 aliphatic carbocycles. The number of esters is 1. The first-order chi connectivity index (χ1) is 6.02. The molecule has 0 saturated heterocycles. The second-order valence-electron chi connectivity index (χ2n) is 4.14. The molecule has 0 spiro atoms. The van der Waals surface area contributed by atoms with Crippen molar-refractivity contribution in [1.29, 1.82) is 0 Å². The van der Waals surface area contributed by atoms with Crippen molar-refractivity contribution in [2.75, 3.05) is 0 Å². The molecule has 1 fully saturated rings. The van der Waals surface area contributed by atoms with Gasteiger partial charge in [-0.2, -0.15) is 0 Å². The fourth-order valence-electron chi connectivity index (χ4n) is 1.72. The van der Waals surface area contributed by atoms with E-state index < -0.39 is 0 Å². The van der Waals surface area contributed by atoms with E-state index in [-0.39, 0.29) is 12.1 Å². The van der Waals surface area contributed by atoms with Crippen LogP contribution in [0.15, 0.2) is 12.2 Å². The van der Waals surface area contributed by atoms with E-state index >= 15 is 0 Å². The topological polar surface area (TPSA) is 26.3 Å². The third kappa shape index (κ3) is 2.33. The average molecular weight is 182 g/mol. The lowest BCUT2D eigenvalue weighted by molar-refractivity contribution is -0.145. The Morgan fingerprint density at radius 3 is 2.38 bits per heavy atom. The van der Waals surface area contributed by atoms with Gasteiger partial charge in [-0.05, 0) is 31.6 Å². The van der Waals surface area contributed by atoms with Crippen LogP contribution in [-0.2, 0) is 9.53 Å². The van der Waals surface area contributed by atoms with E-state index in [4.69, 9.17) is 4.74 Å². The van der Waals surface area contributed by atoms with Crippen molar-refractivity contribution in [3.63, 3.8) is 0 Å². The number of carbonyl (C=O) groups excluding carboxylic acids is 1. The largest absolute Gasteiger partial charge is 0.459 e. The Bertz CT molecular complexity index is 220. The van der Waals surface area contributed by atoms with E-state index in [0.29, 0.717) is 17.4 Å². The van der Waals surface area contributed by atoms with E-state index in [1.165, 1.54) is 0 Å². The Hall–Kier alpha value is -0.790. The van der Waals surface area contributed by atoms with Crippen molar-refractivity contribution in [3.8, 4) is 0 Å². The summed E-state index contributed by atoms with van der Waals surface area (Å²) >= 11 is 0. The zero-order valence-corrected chi connectivity index (χ0v) is 8.67. The highest BCUT2D eigenvalue weighted by Crippen LogP contribution is 2.33. The molecule has 2 heteroatoms. The quantitative estimate of drug-likeness (QED) is 0.484. The van der Waals surface area contributed by atoms with E-state index in [1.54, 1.807) is 6.92 Å². The van der Waals surface area contributed by atoms with E-state index in [2.05, 4.69) is 20.4 Å². The summed E-state index contributed by atoms with van der Waals surface area (Å²) in [6.07, 6.45) is 2.27. The molecule has 0 aromatic carbocycles. The zero-order valence-electron chi connectivity index (χ0n) is 8.67. The monoisotopic (exact) mass is 182 g/mol. The summed E-state index contributed by atoms with van der Waals surface area (Å²) in [7, 11) is 0. The minimum absolute atomic E-state index is 0.110. The fraction of sp³-hybridized carbons (Fsp3) is 0.727. The highest BCUT2D eigenvalue weighted by molar-refractivity contribution is 5.87. The van der Waals surface area contributed by atoms with Crippen LogP contribution in [0.1, 0.15) is 33.6 Å². The lowest BCUT2D eigenvalue weighted by Gasteiger charge is -2.18. The highest BCUT2D eigenvalue weighted by Gasteiger charge is 2.32. The maximum Gasteiger partial charge on any atom is 0.333 e. The first-order valence-corrected chi connectivity index (χ1v) is 4.89. The molecule has 0 amide bonds.